The summed E-state index contributed by atoms with van der Waals surface area (Å²) in [5, 5.41) is 5.79. The number of fused-ring (bicyclic) bond motifs is 1. The molecule has 0 saturated carbocycles. The third-order valence-electron chi connectivity index (χ3n) is 3.95. The van der Waals surface area contributed by atoms with Gasteiger partial charge in [0.1, 0.15) is 4.70 Å². The van der Waals surface area contributed by atoms with Crippen LogP contribution in [0.2, 0.25) is 5.02 Å². The molecule has 0 saturated heterocycles. The fourth-order valence-electron chi connectivity index (χ4n) is 2.47. The first kappa shape index (κ1) is 18.9. The number of halogens is 1. The SMILES string of the molecule is CCC(C)n1c(SCC(=O)Nc2cccc(Cl)c2)nc2ccsc2c1=O. The van der Waals surface area contributed by atoms with Gasteiger partial charge in [0, 0.05) is 16.8 Å². The summed E-state index contributed by atoms with van der Waals surface area (Å²) in [6.07, 6.45) is 0.806. The smallest absolute Gasteiger partial charge is 0.272 e. The van der Waals surface area contributed by atoms with E-state index >= 15 is 0 Å². The average Bonchev–Trinajstić information content (AvgIpc) is 3.08. The summed E-state index contributed by atoms with van der Waals surface area (Å²) in [5.74, 6) is -0.0157. The van der Waals surface area contributed by atoms with E-state index in [2.05, 4.69) is 10.3 Å². The first-order valence-corrected chi connectivity index (χ1v) is 10.4. The van der Waals surface area contributed by atoms with Gasteiger partial charge in [-0.3, -0.25) is 14.2 Å². The second-order valence-electron chi connectivity index (χ2n) is 5.81. The van der Waals surface area contributed by atoms with Crippen LogP contribution in [0.25, 0.3) is 10.2 Å². The zero-order valence-electron chi connectivity index (χ0n) is 14.4. The lowest BCUT2D eigenvalue weighted by Crippen LogP contribution is -2.26. The van der Waals surface area contributed by atoms with Crippen LogP contribution < -0.4 is 10.9 Å². The van der Waals surface area contributed by atoms with Crippen molar-refractivity contribution in [3.8, 4) is 0 Å². The molecule has 1 atom stereocenters. The number of thiophene rings is 1. The molecule has 0 aliphatic heterocycles. The molecule has 136 valence electrons. The van der Waals surface area contributed by atoms with Crippen molar-refractivity contribution in [1.82, 2.24) is 9.55 Å². The van der Waals surface area contributed by atoms with Crippen LogP contribution in [0.5, 0.6) is 0 Å². The molecular formula is C18H18ClN3O2S2. The summed E-state index contributed by atoms with van der Waals surface area (Å²) in [5.41, 5.74) is 1.28. The summed E-state index contributed by atoms with van der Waals surface area (Å²) < 4.78 is 2.34. The standard InChI is InChI=1S/C18H18ClN3O2S2/c1-3-11(2)22-17(24)16-14(7-8-25-16)21-18(22)26-10-15(23)20-13-6-4-5-12(19)9-13/h4-9,11H,3,10H2,1-2H3,(H,20,23). The third kappa shape index (κ3) is 4.11. The van der Waals surface area contributed by atoms with Gasteiger partial charge in [0.05, 0.1) is 11.3 Å². The van der Waals surface area contributed by atoms with Crippen LogP contribution in [0.15, 0.2) is 45.7 Å². The Bertz CT molecular complexity index is 1000. The Morgan fingerprint density at radius 2 is 2.23 bits per heavy atom. The van der Waals surface area contributed by atoms with Crippen LogP contribution in [-0.4, -0.2) is 21.2 Å². The van der Waals surface area contributed by atoms with Crippen molar-refractivity contribution in [3.63, 3.8) is 0 Å². The molecule has 2 aromatic heterocycles. The quantitative estimate of drug-likeness (QED) is 0.470. The van der Waals surface area contributed by atoms with E-state index < -0.39 is 0 Å². The Morgan fingerprint density at radius 3 is 2.96 bits per heavy atom. The molecule has 0 aliphatic carbocycles. The molecule has 1 aromatic carbocycles. The average molecular weight is 408 g/mol. The normalized spacial score (nSPS) is 12.3. The van der Waals surface area contributed by atoms with Crippen LogP contribution >= 0.6 is 34.7 Å². The van der Waals surface area contributed by atoms with Gasteiger partial charge in [-0.2, -0.15) is 0 Å². The fraction of sp³-hybridized carbons (Fsp3) is 0.278. The highest BCUT2D eigenvalue weighted by atomic mass is 35.5. The number of benzene rings is 1. The molecule has 3 rings (SSSR count). The summed E-state index contributed by atoms with van der Waals surface area (Å²) in [4.78, 5) is 29.6. The van der Waals surface area contributed by atoms with Crippen molar-refractivity contribution in [1.29, 1.82) is 0 Å². The number of hydrogen-bond acceptors (Lipinski definition) is 5. The lowest BCUT2D eigenvalue weighted by Gasteiger charge is -2.17. The van der Waals surface area contributed by atoms with Crippen LogP contribution in [0.1, 0.15) is 26.3 Å². The number of nitrogens with one attached hydrogen (secondary N) is 1. The third-order valence-corrected chi connectivity index (χ3v) is 6.03. The van der Waals surface area contributed by atoms with Gasteiger partial charge in [-0.15, -0.1) is 11.3 Å². The first-order valence-electron chi connectivity index (χ1n) is 8.17. The number of carbonyl (C=O) groups is 1. The van der Waals surface area contributed by atoms with Crippen molar-refractivity contribution in [2.75, 3.05) is 11.1 Å². The number of carbonyl (C=O) groups excluding carboxylic acids is 1. The molecule has 1 amide bonds. The molecule has 0 radical (unpaired) electrons. The van der Waals surface area contributed by atoms with Gasteiger partial charge in [-0.25, -0.2) is 4.98 Å². The highest BCUT2D eigenvalue weighted by molar-refractivity contribution is 7.99. The van der Waals surface area contributed by atoms with Crippen LogP contribution in [0.4, 0.5) is 5.69 Å². The number of hydrogen-bond donors (Lipinski definition) is 1. The van der Waals surface area contributed by atoms with Crippen molar-refractivity contribution < 1.29 is 4.79 Å². The summed E-state index contributed by atoms with van der Waals surface area (Å²) in [7, 11) is 0. The van der Waals surface area contributed by atoms with Crippen LogP contribution in [-0.2, 0) is 4.79 Å². The van der Waals surface area contributed by atoms with Crippen molar-refractivity contribution in [2.45, 2.75) is 31.5 Å². The Hall–Kier alpha value is -1.83. The van der Waals surface area contributed by atoms with E-state index in [1.165, 1.54) is 23.1 Å². The monoisotopic (exact) mass is 407 g/mol. The van der Waals surface area contributed by atoms with E-state index in [-0.39, 0.29) is 23.3 Å². The predicted octanol–water partition coefficient (Wildman–Crippen LogP) is 4.81. The molecule has 8 heteroatoms. The number of anilines is 1. The second-order valence-corrected chi connectivity index (χ2v) is 8.10. The van der Waals surface area contributed by atoms with E-state index in [0.717, 1.165) is 6.42 Å². The molecule has 3 aromatic rings. The number of nitrogens with zero attached hydrogens (tertiary/aromatic N) is 2. The molecule has 0 fully saturated rings. The van der Waals surface area contributed by atoms with E-state index in [1.54, 1.807) is 28.8 Å². The van der Waals surface area contributed by atoms with Gasteiger partial charge in [-0.1, -0.05) is 36.4 Å². The van der Waals surface area contributed by atoms with Gasteiger partial charge in [0.15, 0.2) is 5.16 Å². The molecule has 5 nitrogen and oxygen atoms in total. The molecule has 2 heterocycles. The topological polar surface area (TPSA) is 64.0 Å². The van der Waals surface area contributed by atoms with Crippen molar-refractivity contribution in [3.05, 3.63) is 51.1 Å². The van der Waals surface area contributed by atoms with E-state index in [9.17, 15) is 9.59 Å². The largest absolute Gasteiger partial charge is 0.325 e. The van der Waals surface area contributed by atoms with Crippen LogP contribution in [0, 0.1) is 0 Å². The molecule has 1 N–H and O–H groups in total. The van der Waals surface area contributed by atoms with Crippen molar-refractivity contribution >= 4 is 56.5 Å². The van der Waals surface area contributed by atoms with Gasteiger partial charge >= 0.3 is 0 Å². The Kier molecular flexibility index (Phi) is 6.01. The summed E-state index contributed by atoms with van der Waals surface area (Å²) >= 11 is 8.59. The van der Waals surface area contributed by atoms with Crippen LogP contribution in [0.3, 0.4) is 0 Å². The fourth-order valence-corrected chi connectivity index (χ4v) is 4.32. The lowest BCUT2D eigenvalue weighted by atomic mass is 10.2. The number of amides is 1. The maximum absolute atomic E-state index is 12.8. The highest BCUT2D eigenvalue weighted by Gasteiger charge is 2.17. The number of aromatic nitrogens is 2. The summed E-state index contributed by atoms with van der Waals surface area (Å²) in [6.45, 7) is 4.01. The number of thioether (sulfide) groups is 1. The lowest BCUT2D eigenvalue weighted by molar-refractivity contribution is -0.113. The maximum atomic E-state index is 12.8. The van der Waals surface area contributed by atoms with Gasteiger partial charge in [-0.05, 0) is 43.0 Å². The zero-order chi connectivity index (χ0) is 18.7. The molecular weight excluding hydrogens is 390 g/mol. The highest BCUT2D eigenvalue weighted by Crippen LogP contribution is 2.24. The number of rotatable bonds is 6. The second kappa shape index (κ2) is 8.24. The molecule has 0 aliphatic rings. The molecule has 1 unspecified atom stereocenters. The zero-order valence-corrected chi connectivity index (χ0v) is 16.7. The minimum Gasteiger partial charge on any atom is -0.325 e. The predicted molar refractivity (Wildman–Crippen MR) is 110 cm³/mol. The van der Waals surface area contributed by atoms with Gasteiger partial charge in [0.25, 0.3) is 5.56 Å². The van der Waals surface area contributed by atoms with E-state index in [1.807, 2.05) is 25.3 Å². The Balaban J connectivity index is 1.81. The maximum Gasteiger partial charge on any atom is 0.272 e. The van der Waals surface area contributed by atoms with E-state index in [4.69, 9.17) is 11.6 Å². The molecule has 0 spiro atoms. The molecule has 26 heavy (non-hydrogen) atoms. The molecule has 0 bridgehead atoms. The Labute approximate surface area is 164 Å². The Morgan fingerprint density at radius 1 is 1.42 bits per heavy atom. The van der Waals surface area contributed by atoms with E-state index in [0.29, 0.717) is 26.1 Å². The minimum absolute atomic E-state index is 0.0139. The van der Waals surface area contributed by atoms with Gasteiger partial charge in [0.2, 0.25) is 5.91 Å². The first-order chi connectivity index (χ1) is 12.5. The van der Waals surface area contributed by atoms with Crippen molar-refractivity contribution in [2.24, 2.45) is 0 Å². The van der Waals surface area contributed by atoms with Gasteiger partial charge < -0.3 is 5.32 Å². The minimum atomic E-state index is -0.173. The summed E-state index contributed by atoms with van der Waals surface area (Å²) in [6, 6.07) is 8.83.